The van der Waals surface area contributed by atoms with Gasteiger partial charge in [0.25, 0.3) is 5.91 Å². The Morgan fingerprint density at radius 1 is 1.33 bits per heavy atom. The van der Waals surface area contributed by atoms with Gasteiger partial charge in [0.2, 0.25) is 0 Å². The highest BCUT2D eigenvalue weighted by Crippen LogP contribution is 2.18. The lowest BCUT2D eigenvalue weighted by atomic mass is 10.1. The molecule has 2 heterocycles. The van der Waals surface area contributed by atoms with Gasteiger partial charge in [-0.1, -0.05) is 0 Å². The first-order chi connectivity index (χ1) is 11.1. The van der Waals surface area contributed by atoms with Crippen LogP contribution < -0.4 is 10.6 Å². The molecule has 1 fully saturated rings. The number of nitrogens with one attached hydrogen (secondary N) is 2. The molecule has 0 radical (unpaired) electrons. The van der Waals surface area contributed by atoms with Crippen LogP contribution in [0.2, 0.25) is 0 Å². The summed E-state index contributed by atoms with van der Waals surface area (Å²) in [4.78, 5) is 12.6. The number of nitrogens with zero attached hydrogens (tertiary/aromatic N) is 2. The molecule has 0 bridgehead atoms. The molecule has 5 nitrogen and oxygen atoms in total. The van der Waals surface area contributed by atoms with Crippen molar-refractivity contribution < 1.29 is 9.18 Å². The highest BCUT2D eigenvalue weighted by atomic mass is 35.5. The SMILES string of the molecule is Cc1nn(-c2ccc(F)cc2)c(C)c1C(=O)NC1CCCNC1.Cl. The molecule has 130 valence electrons. The Morgan fingerprint density at radius 3 is 2.67 bits per heavy atom. The number of carbonyl (C=O) groups is 1. The molecule has 2 N–H and O–H groups in total. The summed E-state index contributed by atoms with van der Waals surface area (Å²) >= 11 is 0. The quantitative estimate of drug-likeness (QED) is 0.892. The number of rotatable bonds is 3. The molecule has 1 aliphatic rings. The fourth-order valence-corrected chi connectivity index (χ4v) is 3.04. The van der Waals surface area contributed by atoms with E-state index in [1.54, 1.807) is 16.8 Å². The number of piperidine rings is 1. The molecule has 3 rings (SSSR count). The van der Waals surface area contributed by atoms with Crippen molar-refractivity contribution in [3.8, 4) is 5.69 Å². The number of amides is 1. The average molecular weight is 353 g/mol. The molecule has 1 aromatic carbocycles. The molecular formula is C17H22ClFN4O. The number of aryl methyl sites for hydroxylation is 1. The lowest BCUT2D eigenvalue weighted by Gasteiger charge is -2.23. The molecule has 1 saturated heterocycles. The smallest absolute Gasteiger partial charge is 0.255 e. The Hall–Kier alpha value is -1.92. The second-order valence-electron chi connectivity index (χ2n) is 5.95. The normalized spacial score (nSPS) is 17.2. The summed E-state index contributed by atoms with van der Waals surface area (Å²) in [7, 11) is 0. The zero-order chi connectivity index (χ0) is 16.4. The minimum absolute atomic E-state index is 0. The van der Waals surface area contributed by atoms with Crippen LogP contribution in [0.5, 0.6) is 0 Å². The van der Waals surface area contributed by atoms with Gasteiger partial charge in [0, 0.05) is 12.6 Å². The Bertz CT molecular complexity index is 708. The van der Waals surface area contributed by atoms with Gasteiger partial charge >= 0.3 is 0 Å². The van der Waals surface area contributed by atoms with Gasteiger partial charge in [0.15, 0.2) is 0 Å². The van der Waals surface area contributed by atoms with Crippen molar-refractivity contribution in [2.75, 3.05) is 13.1 Å². The summed E-state index contributed by atoms with van der Waals surface area (Å²) in [6, 6.07) is 6.24. The van der Waals surface area contributed by atoms with Gasteiger partial charge in [0.05, 0.1) is 22.6 Å². The van der Waals surface area contributed by atoms with Crippen molar-refractivity contribution in [3.63, 3.8) is 0 Å². The van der Waals surface area contributed by atoms with Crippen LogP contribution in [0.1, 0.15) is 34.6 Å². The van der Waals surface area contributed by atoms with Crippen LogP contribution in [0, 0.1) is 19.7 Å². The highest BCUT2D eigenvalue weighted by Gasteiger charge is 2.22. The number of halogens is 2. The van der Waals surface area contributed by atoms with E-state index in [9.17, 15) is 9.18 Å². The van der Waals surface area contributed by atoms with Crippen LogP contribution >= 0.6 is 12.4 Å². The first-order valence-electron chi connectivity index (χ1n) is 7.90. The molecule has 0 aliphatic carbocycles. The van der Waals surface area contributed by atoms with Crippen molar-refractivity contribution >= 4 is 18.3 Å². The van der Waals surface area contributed by atoms with Crippen LogP contribution in [-0.2, 0) is 0 Å². The number of benzene rings is 1. The molecule has 1 unspecified atom stereocenters. The third-order valence-corrected chi connectivity index (χ3v) is 4.22. The van der Waals surface area contributed by atoms with E-state index in [-0.39, 0.29) is 30.2 Å². The van der Waals surface area contributed by atoms with E-state index in [0.717, 1.165) is 37.3 Å². The first kappa shape index (κ1) is 18.4. The minimum Gasteiger partial charge on any atom is -0.348 e. The standard InChI is InChI=1S/C17H21FN4O.ClH/c1-11-16(17(23)20-14-4-3-9-19-10-14)12(2)22(21-11)15-7-5-13(18)6-8-15;/h5-8,14,19H,3-4,9-10H2,1-2H3,(H,20,23);1H. The largest absolute Gasteiger partial charge is 0.348 e. The van der Waals surface area contributed by atoms with Gasteiger partial charge in [0.1, 0.15) is 5.82 Å². The van der Waals surface area contributed by atoms with E-state index < -0.39 is 0 Å². The number of carbonyl (C=O) groups excluding carboxylic acids is 1. The predicted octanol–water partition coefficient (Wildman–Crippen LogP) is 2.53. The van der Waals surface area contributed by atoms with Crippen molar-refractivity contribution in [3.05, 3.63) is 47.0 Å². The van der Waals surface area contributed by atoms with Crippen molar-refractivity contribution in [2.24, 2.45) is 0 Å². The maximum Gasteiger partial charge on any atom is 0.255 e. The van der Waals surface area contributed by atoms with Crippen LogP contribution in [0.4, 0.5) is 4.39 Å². The van der Waals surface area contributed by atoms with Crippen LogP contribution in [0.25, 0.3) is 5.69 Å². The molecule has 2 aromatic rings. The fraction of sp³-hybridized carbons (Fsp3) is 0.412. The molecule has 1 amide bonds. The summed E-state index contributed by atoms with van der Waals surface area (Å²) in [6.45, 7) is 5.49. The number of hydrogen-bond acceptors (Lipinski definition) is 3. The molecular weight excluding hydrogens is 331 g/mol. The van der Waals surface area contributed by atoms with E-state index >= 15 is 0 Å². The van der Waals surface area contributed by atoms with Gasteiger partial charge in [-0.05, 0) is 57.5 Å². The van der Waals surface area contributed by atoms with E-state index in [0.29, 0.717) is 11.3 Å². The Balaban J connectivity index is 0.00000208. The Kier molecular flexibility index (Phi) is 5.96. The molecule has 0 saturated carbocycles. The summed E-state index contributed by atoms with van der Waals surface area (Å²) in [5.74, 6) is -0.389. The van der Waals surface area contributed by atoms with Crippen molar-refractivity contribution in [1.29, 1.82) is 0 Å². The molecule has 1 aromatic heterocycles. The maximum absolute atomic E-state index is 13.1. The third kappa shape index (κ3) is 3.76. The number of hydrogen-bond donors (Lipinski definition) is 2. The first-order valence-corrected chi connectivity index (χ1v) is 7.90. The zero-order valence-electron chi connectivity index (χ0n) is 13.8. The summed E-state index contributed by atoms with van der Waals surface area (Å²) in [6.07, 6.45) is 2.06. The zero-order valence-corrected chi connectivity index (χ0v) is 14.6. The molecule has 0 spiro atoms. The monoisotopic (exact) mass is 352 g/mol. The molecule has 7 heteroatoms. The number of aromatic nitrogens is 2. The molecule has 1 atom stereocenters. The lowest BCUT2D eigenvalue weighted by Crippen LogP contribution is -2.45. The summed E-state index contributed by atoms with van der Waals surface area (Å²) < 4.78 is 14.8. The summed E-state index contributed by atoms with van der Waals surface area (Å²) in [5.41, 5.74) is 2.77. The van der Waals surface area contributed by atoms with Gasteiger partial charge in [-0.3, -0.25) is 4.79 Å². The second kappa shape index (κ2) is 7.77. The van der Waals surface area contributed by atoms with Crippen molar-refractivity contribution in [1.82, 2.24) is 20.4 Å². The van der Waals surface area contributed by atoms with E-state index in [2.05, 4.69) is 15.7 Å². The van der Waals surface area contributed by atoms with Gasteiger partial charge < -0.3 is 10.6 Å². The van der Waals surface area contributed by atoms with Crippen LogP contribution in [0.15, 0.2) is 24.3 Å². The average Bonchev–Trinajstić information content (AvgIpc) is 2.84. The molecule has 24 heavy (non-hydrogen) atoms. The van der Waals surface area contributed by atoms with Crippen LogP contribution in [-0.4, -0.2) is 34.8 Å². The summed E-state index contributed by atoms with van der Waals surface area (Å²) in [5, 5.41) is 10.8. The topological polar surface area (TPSA) is 59.0 Å². The third-order valence-electron chi connectivity index (χ3n) is 4.22. The predicted molar refractivity (Wildman–Crippen MR) is 93.6 cm³/mol. The maximum atomic E-state index is 13.1. The highest BCUT2D eigenvalue weighted by molar-refractivity contribution is 5.96. The van der Waals surface area contributed by atoms with Crippen LogP contribution in [0.3, 0.4) is 0 Å². The van der Waals surface area contributed by atoms with Gasteiger partial charge in [-0.2, -0.15) is 5.10 Å². The Labute approximate surface area is 147 Å². The lowest BCUT2D eigenvalue weighted by molar-refractivity contribution is 0.0929. The molecule has 1 aliphatic heterocycles. The van der Waals surface area contributed by atoms with Gasteiger partial charge in [-0.25, -0.2) is 9.07 Å². The van der Waals surface area contributed by atoms with E-state index in [1.165, 1.54) is 12.1 Å². The van der Waals surface area contributed by atoms with Gasteiger partial charge in [-0.15, -0.1) is 12.4 Å². The van der Waals surface area contributed by atoms with Crippen molar-refractivity contribution in [2.45, 2.75) is 32.7 Å². The van der Waals surface area contributed by atoms with E-state index in [4.69, 9.17) is 0 Å². The minimum atomic E-state index is -0.293. The fourth-order valence-electron chi connectivity index (χ4n) is 3.04. The van der Waals surface area contributed by atoms with E-state index in [1.807, 2.05) is 13.8 Å². The second-order valence-corrected chi connectivity index (χ2v) is 5.95. The Morgan fingerprint density at radius 2 is 2.04 bits per heavy atom.